The minimum Gasteiger partial charge on any atom is -0.493 e. The molecule has 2 aromatic rings. The zero-order chi connectivity index (χ0) is 24.4. The predicted molar refractivity (Wildman–Crippen MR) is 133 cm³/mol. The summed E-state index contributed by atoms with van der Waals surface area (Å²) in [4.78, 5) is 26.6. The predicted octanol–water partition coefficient (Wildman–Crippen LogP) is 5.39. The van der Waals surface area contributed by atoms with Gasteiger partial charge in [0.25, 0.3) is 0 Å². The number of esters is 1. The fourth-order valence-electron chi connectivity index (χ4n) is 4.85. The summed E-state index contributed by atoms with van der Waals surface area (Å²) in [6.07, 6.45) is 0.995. The number of nitrogens with one attached hydrogen (secondary N) is 1. The van der Waals surface area contributed by atoms with Gasteiger partial charge in [0.2, 0.25) is 0 Å². The third kappa shape index (κ3) is 4.49. The van der Waals surface area contributed by atoms with Crippen LogP contribution in [0.5, 0.6) is 11.5 Å². The number of methoxy groups -OCH3 is 2. The van der Waals surface area contributed by atoms with Crippen LogP contribution in [0.3, 0.4) is 0 Å². The third-order valence-electron chi connectivity index (χ3n) is 6.41. The number of ketones is 1. The van der Waals surface area contributed by atoms with E-state index in [1.165, 1.54) is 0 Å². The number of hydrogen-bond acceptors (Lipinski definition) is 6. The Kier molecular flexibility index (Phi) is 7.12. The number of carbonyl (C=O) groups excluding carboxylic acids is 2. The monoisotopic (exact) mass is 525 g/mol. The van der Waals surface area contributed by atoms with Crippen LogP contribution >= 0.6 is 15.9 Å². The van der Waals surface area contributed by atoms with Gasteiger partial charge in [-0.25, -0.2) is 4.79 Å². The summed E-state index contributed by atoms with van der Waals surface area (Å²) in [6, 6.07) is 13.5. The molecule has 1 aliphatic carbocycles. The molecule has 178 valence electrons. The molecule has 0 saturated heterocycles. The number of dihydropyridines is 1. The van der Waals surface area contributed by atoms with Gasteiger partial charge in [0.1, 0.15) is 0 Å². The van der Waals surface area contributed by atoms with E-state index >= 15 is 0 Å². The highest BCUT2D eigenvalue weighted by molar-refractivity contribution is 9.10. The number of benzene rings is 2. The lowest BCUT2D eigenvalue weighted by molar-refractivity contribution is -0.138. The topological polar surface area (TPSA) is 73.9 Å². The molecule has 2 atom stereocenters. The zero-order valence-corrected chi connectivity index (χ0v) is 21.3. The molecular weight excluding hydrogens is 498 g/mol. The third-order valence-corrected chi connectivity index (χ3v) is 6.93. The molecule has 0 fully saturated rings. The lowest BCUT2D eigenvalue weighted by Gasteiger charge is -2.36. The summed E-state index contributed by atoms with van der Waals surface area (Å²) in [7, 11) is 3.20. The minimum atomic E-state index is -0.470. The van der Waals surface area contributed by atoms with Crippen LogP contribution in [0.4, 0.5) is 0 Å². The van der Waals surface area contributed by atoms with Gasteiger partial charge in [-0.2, -0.15) is 0 Å². The van der Waals surface area contributed by atoms with Crippen molar-refractivity contribution in [2.75, 3.05) is 20.8 Å². The van der Waals surface area contributed by atoms with Gasteiger partial charge in [-0.3, -0.25) is 4.79 Å². The van der Waals surface area contributed by atoms with E-state index in [0.29, 0.717) is 41.2 Å². The number of hydrogen-bond donors (Lipinski definition) is 1. The molecule has 0 aromatic heterocycles. The van der Waals surface area contributed by atoms with Gasteiger partial charge >= 0.3 is 5.97 Å². The standard InChI is InChI=1S/C27H28BrNO5/c1-5-34-27(31)24-15(2)29-20-12-18(17-8-11-22(32-3)23(14-17)33-4)13-21(30)26(20)25(24)16-6-9-19(28)10-7-16/h6-11,14,18,25,29H,5,12-13H2,1-4H3/t18-,25-/m1/s1. The largest absolute Gasteiger partial charge is 0.493 e. The zero-order valence-electron chi connectivity index (χ0n) is 19.7. The second-order valence-corrected chi connectivity index (χ2v) is 9.32. The van der Waals surface area contributed by atoms with Gasteiger partial charge in [0.15, 0.2) is 17.3 Å². The molecule has 2 aromatic carbocycles. The molecule has 0 spiro atoms. The van der Waals surface area contributed by atoms with Crippen molar-refractivity contribution < 1.29 is 23.8 Å². The van der Waals surface area contributed by atoms with E-state index in [-0.39, 0.29) is 18.3 Å². The van der Waals surface area contributed by atoms with Gasteiger partial charge in [-0.05, 0) is 61.6 Å². The molecule has 1 aliphatic heterocycles. The fraction of sp³-hybridized carbons (Fsp3) is 0.333. The van der Waals surface area contributed by atoms with Crippen molar-refractivity contribution in [2.24, 2.45) is 0 Å². The Bertz CT molecular complexity index is 1180. The summed E-state index contributed by atoms with van der Waals surface area (Å²) in [5, 5.41) is 3.37. The summed E-state index contributed by atoms with van der Waals surface area (Å²) in [5.41, 5.74) is 4.60. The van der Waals surface area contributed by atoms with Gasteiger partial charge in [0, 0.05) is 33.8 Å². The van der Waals surface area contributed by atoms with E-state index in [0.717, 1.165) is 21.3 Å². The number of carbonyl (C=O) groups is 2. The van der Waals surface area contributed by atoms with Crippen molar-refractivity contribution in [3.63, 3.8) is 0 Å². The first-order valence-electron chi connectivity index (χ1n) is 11.3. The number of halogens is 1. The highest BCUT2D eigenvalue weighted by Gasteiger charge is 2.41. The number of Topliss-reactive ketones (excluding diaryl/α,β-unsaturated/α-hetero) is 1. The number of ether oxygens (including phenoxy) is 3. The second kappa shape index (κ2) is 10.1. The maximum atomic E-state index is 13.6. The molecule has 0 unspecified atom stereocenters. The fourth-order valence-corrected chi connectivity index (χ4v) is 5.11. The lowest BCUT2D eigenvalue weighted by Crippen LogP contribution is -2.36. The van der Waals surface area contributed by atoms with Gasteiger partial charge in [-0.1, -0.05) is 34.1 Å². The van der Waals surface area contributed by atoms with E-state index in [9.17, 15) is 9.59 Å². The molecule has 7 heteroatoms. The van der Waals surface area contributed by atoms with Crippen LogP contribution in [0.25, 0.3) is 0 Å². The number of allylic oxidation sites excluding steroid dienone is 3. The second-order valence-electron chi connectivity index (χ2n) is 8.40. The van der Waals surface area contributed by atoms with E-state index in [1.807, 2.05) is 49.4 Å². The van der Waals surface area contributed by atoms with E-state index in [2.05, 4.69) is 21.2 Å². The van der Waals surface area contributed by atoms with Gasteiger partial charge in [-0.15, -0.1) is 0 Å². The first kappa shape index (κ1) is 24.1. The molecule has 4 rings (SSSR count). The summed E-state index contributed by atoms with van der Waals surface area (Å²) < 4.78 is 17.1. The van der Waals surface area contributed by atoms with Crippen LogP contribution in [0.2, 0.25) is 0 Å². The van der Waals surface area contributed by atoms with Crippen LogP contribution in [-0.4, -0.2) is 32.6 Å². The van der Waals surface area contributed by atoms with Crippen molar-refractivity contribution in [3.05, 3.63) is 80.6 Å². The van der Waals surface area contributed by atoms with Crippen LogP contribution in [0.1, 0.15) is 49.7 Å². The normalized spacial score (nSPS) is 20.0. The summed E-state index contributed by atoms with van der Waals surface area (Å²) in [5.74, 6) is 0.426. The van der Waals surface area contributed by atoms with Crippen molar-refractivity contribution in [3.8, 4) is 11.5 Å². The van der Waals surface area contributed by atoms with Gasteiger partial charge < -0.3 is 19.5 Å². The van der Waals surface area contributed by atoms with E-state index in [4.69, 9.17) is 14.2 Å². The maximum Gasteiger partial charge on any atom is 0.336 e. The molecule has 34 heavy (non-hydrogen) atoms. The molecule has 0 saturated carbocycles. The first-order valence-corrected chi connectivity index (χ1v) is 12.1. The average molecular weight is 526 g/mol. The smallest absolute Gasteiger partial charge is 0.336 e. The van der Waals surface area contributed by atoms with Crippen molar-refractivity contribution >= 4 is 27.7 Å². The molecule has 0 radical (unpaired) electrons. The molecule has 1 heterocycles. The van der Waals surface area contributed by atoms with Crippen LogP contribution < -0.4 is 14.8 Å². The average Bonchev–Trinajstić information content (AvgIpc) is 2.83. The summed E-state index contributed by atoms with van der Waals surface area (Å²) in [6.45, 7) is 3.92. The molecule has 1 N–H and O–H groups in total. The molecule has 6 nitrogen and oxygen atoms in total. The quantitative estimate of drug-likeness (QED) is 0.509. The number of rotatable bonds is 6. The Morgan fingerprint density at radius 1 is 1.03 bits per heavy atom. The van der Waals surface area contributed by atoms with Crippen LogP contribution in [0.15, 0.2) is 69.5 Å². The van der Waals surface area contributed by atoms with Crippen molar-refractivity contribution in [1.29, 1.82) is 0 Å². The molecular formula is C27H28BrNO5. The molecule has 0 amide bonds. The van der Waals surface area contributed by atoms with E-state index < -0.39 is 11.9 Å². The first-order chi connectivity index (χ1) is 16.4. The van der Waals surface area contributed by atoms with Crippen molar-refractivity contribution in [1.82, 2.24) is 5.32 Å². The van der Waals surface area contributed by atoms with Crippen molar-refractivity contribution in [2.45, 2.75) is 38.5 Å². The minimum absolute atomic E-state index is 0.0129. The maximum absolute atomic E-state index is 13.6. The Balaban J connectivity index is 1.77. The highest BCUT2D eigenvalue weighted by atomic mass is 79.9. The lowest BCUT2D eigenvalue weighted by atomic mass is 9.71. The van der Waals surface area contributed by atoms with Crippen LogP contribution in [0, 0.1) is 0 Å². The Morgan fingerprint density at radius 2 is 1.71 bits per heavy atom. The molecule has 0 bridgehead atoms. The Morgan fingerprint density at radius 3 is 2.35 bits per heavy atom. The van der Waals surface area contributed by atoms with Gasteiger partial charge in [0.05, 0.1) is 26.4 Å². The SMILES string of the molecule is CCOC(=O)C1=C(C)NC2=C(C(=O)C[C@H](c3ccc(OC)c(OC)c3)C2)[C@@H]1c1ccc(Br)cc1. The van der Waals surface area contributed by atoms with E-state index in [1.54, 1.807) is 21.1 Å². The Labute approximate surface area is 208 Å². The van der Waals surface area contributed by atoms with Crippen LogP contribution in [-0.2, 0) is 14.3 Å². The Hall–Kier alpha value is -3.06. The molecule has 2 aliphatic rings. The summed E-state index contributed by atoms with van der Waals surface area (Å²) >= 11 is 3.47. The highest BCUT2D eigenvalue weighted by Crippen LogP contribution is 2.46.